The van der Waals surface area contributed by atoms with E-state index in [0.29, 0.717) is 11.7 Å². The van der Waals surface area contributed by atoms with E-state index in [1.807, 2.05) is 24.3 Å². The highest BCUT2D eigenvalue weighted by atomic mass is 32.2. The Bertz CT molecular complexity index is 907. The maximum atomic E-state index is 12.3. The SMILES string of the molecule is COc1ccc(CNc2ccc(S(=O)(=O)Nc3nccs3)cc2)cc1. The summed E-state index contributed by atoms with van der Waals surface area (Å²) in [6, 6.07) is 14.3. The van der Waals surface area contributed by atoms with Gasteiger partial charge in [0.25, 0.3) is 10.0 Å². The summed E-state index contributed by atoms with van der Waals surface area (Å²) in [7, 11) is -1.99. The first-order valence-electron chi connectivity index (χ1n) is 7.46. The highest BCUT2D eigenvalue weighted by Crippen LogP contribution is 2.20. The molecule has 6 nitrogen and oxygen atoms in total. The van der Waals surface area contributed by atoms with Crippen molar-refractivity contribution in [2.45, 2.75) is 11.4 Å². The maximum Gasteiger partial charge on any atom is 0.263 e. The highest BCUT2D eigenvalue weighted by molar-refractivity contribution is 7.93. The summed E-state index contributed by atoms with van der Waals surface area (Å²) < 4.78 is 32.1. The molecule has 0 bridgehead atoms. The Morgan fingerprint density at radius 1 is 1.08 bits per heavy atom. The normalized spacial score (nSPS) is 11.1. The molecule has 0 fully saturated rings. The molecule has 0 atom stereocenters. The number of ether oxygens (including phenoxy) is 1. The molecule has 1 heterocycles. The molecule has 0 saturated heterocycles. The van der Waals surface area contributed by atoms with Gasteiger partial charge in [-0.25, -0.2) is 13.4 Å². The molecule has 130 valence electrons. The number of sulfonamides is 1. The first-order valence-corrected chi connectivity index (χ1v) is 9.82. The third-order valence-electron chi connectivity index (χ3n) is 3.47. The molecule has 0 unspecified atom stereocenters. The lowest BCUT2D eigenvalue weighted by Crippen LogP contribution is -2.12. The third-order valence-corrected chi connectivity index (χ3v) is 5.65. The molecule has 0 aliphatic heterocycles. The Labute approximate surface area is 150 Å². The van der Waals surface area contributed by atoms with Crippen LogP contribution in [-0.4, -0.2) is 20.5 Å². The summed E-state index contributed by atoms with van der Waals surface area (Å²) in [5, 5.41) is 5.32. The second-order valence-corrected chi connectivity index (χ2v) is 7.75. The zero-order valence-electron chi connectivity index (χ0n) is 13.5. The quantitative estimate of drug-likeness (QED) is 0.660. The number of nitrogens with zero attached hydrogens (tertiary/aromatic N) is 1. The molecule has 0 saturated carbocycles. The zero-order chi connectivity index (χ0) is 17.7. The van der Waals surface area contributed by atoms with Crippen molar-refractivity contribution in [1.29, 1.82) is 0 Å². The van der Waals surface area contributed by atoms with Gasteiger partial charge in [-0.2, -0.15) is 0 Å². The van der Waals surface area contributed by atoms with Crippen LogP contribution in [-0.2, 0) is 16.6 Å². The fourth-order valence-electron chi connectivity index (χ4n) is 2.15. The van der Waals surface area contributed by atoms with Gasteiger partial charge in [-0.05, 0) is 42.0 Å². The molecular formula is C17H17N3O3S2. The monoisotopic (exact) mass is 375 g/mol. The molecule has 0 spiro atoms. The fourth-order valence-corrected chi connectivity index (χ4v) is 3.94. The van der Waals surface area contributed by atoms with E-state index in [9.17, 15) is 8.42 Å². The molecule has 3 rings (SSSR count). The summed E-state index contributed by atoms with van der Waals surface area (Å²) in [5.41, 5.74) is 1.94. The number of nitrogens with one attached hydrogen (secondary N) is 2. The van der Waals surface area contributed by atoms with Crippen LogP contribution >= 0.6 is 11.3 Å². The van der Waals surface area contributed by atoms with Gasteiger partial charge >= 0.3 is 0 Å². The molecule has 2 N–H and O–H groups in total. The van der Waals surface area contributed by atoms with E-state index in [0.717, 1.165) is 17.0 Å². The summed E-state index contributed by atoms with van der Waals surface area (Å²) in [4.78, 5) is 4.12. The van der Waals surface area contributed by atoms with Crippen LogP contribution in [0.2, 0.25) is 0 Å². The summed E-state index contributed by atoms with van der Waals surface area (Å²) in [6.07, 6.45) is 1.55. The van der Waals surface area contributed by atoms with E-state index in [4.69, 9.17) is 4.74 Å². The average molecular weight is 375 g/mol. The van der Waals surface area contributed by atoms with Crippen molar-refractivity contribution in [2.24, 2.45) is 0 Å². The minimum Gasteiger partial charge on any atom is -0.497 e. The summed E-state index contributed by atoms with van der Waals surface area (Å²) >= 11 is 1.23. The standard InChI is InChI=1S/C17H17N3O3S2/c1-23-15-6-2-13(3-7-15)12-19-14-4-8-16(9-5-14)25(21,22)20-17-18-10-11-24-17/h2-11,19H,12H2,1H3,(H,18,20). The van der Waals surface area contributed by atoms with Gasteiger partial charge in [0.2, 0.25) is 0 Å². The van der Waals surface area contributed by atoms with Crippen LogP contribution in [0.5, 0.6) is 5.75 Å². The predicted molar refractivity (Wildman–Crippen MR) is 99.7 cm³/mol. The fraction of sp³-hybridized carbons (Fsp3) is 0.118. The Hall–Kier alpha value is -2.58. The van der Waals surface area contributed by atoms with Gasteiger partial charge in [-0.15, -0.1) is 11.3 Å². The van der Waals surface area contributed by atoms with E-state index < -0.39 is 10.0 Å². The van der Waals surface area contributed by atoms with Crippen LogP contribution in [0.1, 0.15) is 5.56 Å². The Morgan fingerprint density at radius 3 is 2.40 bits per heavy atom. The predicted octanol–water partition coefficient (Wildman–Crippen LogP) is 3.56. The topological polar surface area (TPSA) is 80.3 Å². The first kappa shape index (κ1) is 17.2. The van der Waals surface area contributed by atoms with Gasteiger partial charge in [-0.1, -0.05) is 12.1 Å². The van der Waals surface area contributed by atoms with Gasteiger partial charge in [0, 0.05) is 23.8 Å². The van der Waals surface area contributed by atoms with Crippen molar-refractivity contribution in [3.8, 4) is 5.75 Å². The lowest BCUT2D eigenvalue weighted by molar-refractivity contribution is 0.414. The van der Waals surface area contributed by atoms with Gasteiger partial charge in [0.05, 0.1) is 12.0 Å². The van der Waals surface area contributed by atoms with Crippen LogP contribution in [0, 0.1) is 0 Å². The van der Waals surface area contributed by atoms with E-state index in [2.05, 4.69) is 15.0 Å². The van der Waals surface area contributed by atoms with E-state index in [1.54, 1.807) is 43.0 Å². The second-order valence-electron chi connectivity index (χ2n) is 5.17. The van der Waals surface area contributed by atoms with Gasteiger partial charge in [0.15, 0.2) is 5.13 Å². The third kappa shape index (κ3) is 4.49. The number of rotatable bonds is 7. The average Bonchev–Trinajstić information content (AvgIpc) is 3.13. The number of aromatic nitrogens is 1. The molecule has 3 aromatic rings. The van der Waals surface area contributed by atoms with Crippen molar-refractivity contribution < 1.29 is 13.2 Å². The second kappa shape index (κ2) is 7.54. The van der Waals surface area contributed by atoms with Crippen LogP contribution in [0.15, 0.2) is 65.0 Å². The number of benzene rings is 2. The lowest BCUT2D eigenvalue weighted by Gasteiger charge is -2.09. The minimum atomic E-state index is -3.62. The van der Waals surface area contributed by atoms with Crippen LogP contribution in [0.4, 0.5) is 10.8 Å². The number of hydrogen-bond acceptors (Lipinski definition) is 6. The minimum absolute atomic E-state index is 0.192. The molecule has 0 aliphatic rings. The van der Waals surface area contributed by atoms with E-state index in [1.165, 1.54) is 11.3 Å². The molecule has 1 aromatic heterocycles. The van der Waals surface area contributed by atoms with Crippen molar-refractivity contribution in [3.05, 3.63) is 65.7 Å². The summed E-state index contributed by atoms with van der Waals surface area (Å²) in [5.74, 6) is 0.811. The molecule has 8 heteroatoms. The summed E-state index contributed by atoms with van der Waals surface area (Å²) in [6.45, 7) is 0.632. The highest BCUT2D eigenvalue weighted by Gasteiger charge is 2.15. The number of methoxy groups -OCH3 is 1. The smallest absolute Gasteiger partial charge is 0.263 e. The van der Waals surface area contributed by atoms with Crippen molar-refractivity contribution >= 4 is 32.2 Å². The zero-order valence-corrected chi connectivity index (χ0v) is 15.1. The largest absolute Gasteiger partial charge is 0.497 e. The Morgan fingerprint density at radius 2 is 1.80 bits per heavy atom. The van der Waals surface area contributed by atoms with Crippen LogP contribution in [0.3, 0.4) is 0 Å². The van der Waals surface area contributed by atoms with Crippen molar-refractivity contribution in [1.82, 2.24) is 4.98 Å². The number of hydrogen-bond donors (Lipinski definition) is 2. The van der Waals surface area contributed by atoms with Crippen molar-refractivity contribution in [3.63, 3.8) is 0 Å². The molecular weight excluding hydrogens is 358 g/mol. The first-order chi connectivity index (χ1) is 12.1. The van der Waals surface area contributed by atoms with E-state index in [-0.39, 0.29) is 4.90 Å². The molecule has 2 aromatic carbocycles. The van der Waals surface area contributed by atoms with Gasteiger partial charge < -0.3 is 10.1 Å². The van der Waals surface area contributed by atoms with E-state index >= 15 is 0 Å². The molecule has 0 radical (unpaired) electrons. The van der Waals surface area contributed by atoms with Gasteiger partial charge in [0.1, 0.15) is 5.75 Å². The number of anilines is 2. The Kier molecular flexibility index (Phi) is 5.20. The van der Waals surface area contributed by atoms with Crippen LogP contribution in [0.25, 0.3) is 0 Å². The lowest BCUT2D eigenvalue weighted by atomic mass is 10.2. The van der Waals surface area contributed by atoms with Crippen LogP contribution < -0.4 is 14.8 Å². The molecule has 0 amide bonds. The number of thiazole rings is 1. The maximum absolute atomic E-state index is 12.3. The molecule has 25 heavy (non-hydrogen) atoms. The Balaban J connectivity index is 1.63. The van der Waals surface area contributed by atoms with Gasteiger partial charge in [-0.3, -0.25) is 4.72 Å². The molecule has 0 aliphatic carbocycles. The van der Waals surface area contributed by atoms with Crippen molar-refractivity contribution in [2.75, 3.05) is 17.1 Å².